The lowest BCUT2D eigenvalue weighted by molar-refractivity contribution is 0.0907. The van der Waals surface area contributed by atoms with Crippen molar-refractivity contribution < 1.29 is 18.3 Å². The van der Waals surface area contributed by atoms with Crippen molar-refractivity contribution in [3.8, 4) is 5.75 Å². The summed E-state index contributed by atoms with van der Waals surface area (Å²) in [7, 11) is 0. The van der Waals surface area contributed by atoms with Crippen molar-refractivity contribution in [3.05, 3.63) is 99.9 Å². The van der Waals surface area contributed by atoms with E-state index in [2.05, 4.69) is 5.32 Å². The Morgan fingerprint density at radius 1 is 1.10 bits per heavy atom. The molecular formula is C23H22FNO4. The molecule has 5 nitrogen and oxygen atoms in total. The molecule has 1 aromatic heterocycles. The Balaban J connectivity index is 1.53. The normalized spacial score (nSPS) is 11.7. The molecule has 0 spiro atoms. The first-order valence-corrected chi connectivity index (χ1v) is 9.36. The van der Waals surface area contributed by atoms with E-state index in [1.54, 1.807) is 12.1 Å². The molecule has 1 heterocycles. The molecule has 0 saturated carbocycles. The van der Waals surface area contributed by atoms with Crippen molar-refractivity contribution in [1.82, 2.24) is 5.32 Å². The lowest BCUT2D eigenvalue weighted by Crippen LogP contribution is -2.33. The van der Waals surface area contributed by atoms with Gasteiger partial charge in [-0.1, -0.05) is 42.5 Å². The minimum Gasteiger partial charge on any atom is -0.482 e. The second-order valence-electron chi connectivity index (χ2n) is 6.79. The topological polar surface area (TPSA) is 68.5 Å². The Morgan fingerprint density at radius 3 is 2.52 bits per heavy atom. The number of aryl methyl sites for hydroxylation is 1. The van der Waals surface area contributed by atoms with E-state index < -0.39 is 11.3 Å². The molecule has 3 aromatic rings. The van der Waals surface area contributed by atoms with Crippen LogP contribution in [-0.2, 0) is 13.0 Å². The maximum atomic E-state index is 12.9. The first-order chi connectivity index (χ1) is 14.0. The van der Waals surface area contributed by atoms with Crippen LogP contribution in [0.1, 0.15) is 35.0 Å². The van der Waals surface area contributed by atoms with Crippen molar-refractivity contribution in [3.63, 3.8) is 0 Å². The SMILES string of the molecule is C[C@H](CCc1ccccc1)NC(=O)c1cc(=O)c(OCc2ccc(F)cc2)co1. The molecule has 0 bridgehead atoms. The summed E-state index contributed by atoms with van der Waals surface area (Å²) in [4.78, 5) is 24.5. The molecule has 29 heavy (non-hydrogen) atoms. The molecule has 150 valence electrons. The van der Waals surface area contributed by atoms with Gasteiger partial charge in [-0.15, -0.1) is 0 Å². The Bertz CT molecular complexity index is 999. The number of amides is 1. The zero-order chi connectivity index (χ0) is 20.6. The minimum absolute atomic E-state index is 0.0111. The first kappa shape index (κ1) is 20.3. The lowest BCUT2D eigenvalue weighted by Gasteiger charge is -2.13. The molecule has 0 aliphatic carbocycles. The molecule has 2 aromatic carbocycles. The molecule has 3 rings (SSSR count). The van der Waals surface area contributed by atoms with Crippen LogP contribution < -0.4 is 15.5 Å². The van der Waals surface area contributed by atoms with E-state index in [1.165, 1.54) is 17.7 Å². The van der Waals surface area contributed by atoms with E-state index in [1.807, 2.05) is 37.3 Å². The van der Waals surface area contributed by atoms with Gasteiger partial charge in [0.2, 0.25) is 11.2 Å². The van der Waals surface area contributed by atoms with Crippen LogP contribution in [0.4, 0.5) is 4.39 Å². The molecule has 6 heteroatoms. The minimum atomic E-state index is -0.458. The van der Waals surface area contributed by atoms with E-state index in [0.717, 1.165) is 25.2 Å². The summed E-state index contributed by atoms with van der Waals surface area (Å²) in [6.45, 7) is 1.99. The zero-order valence-corrected chi connectivity index (χ0v) is 16.1. The number of halogens is 1. The van der Waals surface area contributed by atoms with Crippen LogP contribution in [0.5, 0.6) is 5.75 Å². The number of rotatable bonds is 8. The van der Waals surface area contributed by atoms with Gasteiger partial charge in [-0.2, -0.15) is 0 Å². The Morgan fingerprint density at radius 2 is 1.83 bits per heavy atom. The maximum Gasteiger partial charge on any atom is 0.287 e. The van der Waals surface area contributed by atoms with E-state index in [-0.39, 0.29) is 30.0 Å². The molecule has 0 saturated heterocycles. The second kappa shape index (κ2) is 9.68. The second-order valence-corrected chi connectivity index (χ2v) is 6.79. The third-order valence-electron chi connectivity index (χ3n) is 4.42. The molecular weight excluding hydrogens is 373 g/mol. The van der Waals surface area contributed by atoms with Gasteiger partial charge in [0.25, 0.3) is 5.91 Å². The van der Waals surface area contributed by atoms with Crippen molar-refractivity contribution in [2.75, 3.05) is 0 Å². The summed E-state index contributed by atoms with van der Waals surface area (Å²) >= 11 is 0. The Hall–Kier alpha value is -3.41. The molecule has 0 aliphatic rings. The zero-order valence-electron chi connectivity index (χ0n) is 16.1. The van der Waals surface area contributed by atoms with E-state index in [0.29, 0.717) is 5.56 Å². The van der Waals surface area contributed by atoms with Crippen LogP contribution in [0, 0.1) is 5.82 Å². The van der Waals surface area contributed by atoms with Crippen LogP contribution in [0.3, 0.4) is 0 Å². The molecule has 1 atom stereocenters. The van der Waals surface area contributed by atoms with Crippen molar-refractivity contribution in [1.29, 1.82) is 0 Å². The Labute approximate surface area is 168 Å². The highest BCUT2D eigenvalue weighted by atomic mass is 19.1. The lowest BCUT2D eigenvalue weighted by atomic mass is 10.1. The van der Waals surface area contributed by atoms with E-state index in [4.69, 9.17) is 9.15 Å². The predicted molar refractivity (Wildman–Crippen MR) is 107 cm³/mol. The van der Waals surface area contributed by atoms with Crippen LogP contribution in [0.25, 0.3) is 0 Å². The number of carbonyl (C=O) groups is 1. The van der Waals surface area contributed by atoms with Gasteiger partial charge in [-0.25, -0.2) is 4.39 Å². The van der Waals surface area contributed by atoms with Crippen molar-refractivity contribution in [2.45, 2.75) is 32.4 Å². The van der Waals surface area contributed by atoms with Crippen LogP contribution in [0.2, 0.25) is 0 Å². The van der Waals surface area contributed by atoms with Gasteiger partial charge in [0, 0.05) is 12.1 Å². The standard InChI is InChI=1S/C23H22FNO4/c1-16(7-8-17-5-3-2-4-6-17)25-23(27)21-13-20(26)22(15-29-21)28-14-18-9-11-19(24)12-10-18/h2-6,9-13,15-16H,7-8,14H2,1H3,(H,25,27)/t16-/m1/s1. The largest absolute Gasteiger partial charge is 0.482 e. The number of carbonyl (C=O) groups excluding carboxylic acids is 1. The third kappa shape index (κ3) is 6.04. The highest BCUT2D eigenvalue weighted by molar-refractivity contribution is 5.91. The van der Waals surface area contributed by atoms with Crippen molar-refractivity contribution in [2.24, 2.45) is 0 Å². The van der Waals surface area contributed by atoms with Gasteiger partial charge in [0.1, 0.15) is 18.7 Å². The van der Waals surface area contributed by atoms with Gasteiger partial charge in [0.15, 0.2) is 5.76 Å². The van der Waals surface area contributed by atoms with Crippen LogP contribution in [0.15, 0.2) is 76.1 Å². The molecule has 0 aliphatic heterocycles. The molecule has 0 radical (unpaired) electrons. The average molecular weight is 395 g/mol. The van der Waals surface area contributed by atoms with E-state index in [9.17, 15) is 14.0 Å². The summed E-state index contributed by atoms with van der Waals surface area (Å²) in [5.41, 5.74) is 1.45. The van der Waals surface area contributed by atoms with Gasteiger partial charge in [0.05, 0.1) is 0 Å². The average Bonchev–Trinajstić information content (AvgIpc) is 2.73. The number of nitrogens with one attached hydrogen (secondary N) is 1. The fourth-order valence-electron chi connectivity index (χ4n) is 2.76. The fourth-order valence-corrected chi connectivity index (χ4v) is 2.76. The highest BCUT2D eigenvalue weighted by Crippen LogP contribution is 2.11. The smallest absolute Gasteiger partial charge is 0.287 e. The number of ether oxygens (including phenoxy) is 1. The highest BCUT2D eigenvalue weighted by Gasteiger charge is 2.15. The predicted octanol–water partition coefficient (Wildman–Crippen LogP) is 4.11. The third-order valence-corrected chi connectivity index (χ3v) is 4.42. The molecule has 0 fully saturated rings. The first-order valence-electron chi connectivity index (χ1n) is 9.36. The number of benzene rings is 2. The molecule has 0 unspecified atom stereocenters. The van der Waals surface area contributed by atoms with Gasteiger partial charge >= 0.3 is 0 Å². The Kier molecular flexibility index (Phi) is 6.79. The molecule has 1 amide bonds. The summed E-state index contributed by atoms with van der Waals surface area (Å²) < 4.78 is 23.6. The van der Waals surface area contributed by atoms with Gasteiger partial charge < -0.3 is 14.5 Å². The van der Waals surface area contributed by atoms with Gasteiger partial charge in [-0.05, 0) is 43.0 Å². The summed E-state index contributed by atoms with van der Waals surface area (Å²) in [6, 6.07) is 16.8. The fraction of sp³-hybridized carbons (Fsp3) is 0.217. The monoisotopic (exact) mass is 395 g/mol. The quantitative estimate of drug-likeness (QED) is 0.623. The van der Waals surface area contributed by atoms with Crippen LogP contribution >= 0.6 is 0 Å². The van der Waals surface area contributed by atoms with Crippen molar-refractivity contribution >= 4 is 5.91 Å². The summed E-state index contributed by atoms with van der Waals surface area (Å²) in [6.07, 6.45) is 2.72. The molecule has 1 N–H and O–H groups in total. The van der Waals surface area contributed by atoms with Crippen LogP contribution in [-0.4, -0.2) is 11.9 Å². The summed E-state index contributed by atoms with van der Waals surface area (Å²) in [5.74, 6) is -0.881. The number of hydrogen-bond acceptors (Lipinski definition) is 4. The maximum absolute atomic E-state index is 12.9. The van der Waals surface area contributed by atoms with E-state index >= 15 is 0 Å². The summed E-state index contributed by atoms with van der Waals surface area (Å²) in [5, 5.41) is 2.83. The number of hydrogen-bond donors (Lipinski definition) is 1. The van der Waals surface area contributed by atoms with Gasteiger partial charge in [-0.3, -0.25) is 9.59 Å².